The molecule has 11 heteroatoms. The Bertz CT molecular complexity index is 1380. The summed E-state index contributed by atoms with van der Waals surface area (Å²) in [5, 5.41) is 7.07. The van der Waals surface area contributed by atoms with Gasteiger partial charge in [0.05, 0.1) is 29.7 Å². The van der Waals surface area contributed by atoms with Crippen LogP contribution in [0.25, 0.3) is 16.9 Å². The number of amides is 1. The first kappa shape index (κ1) is 24.6. The van der Waals surface area contributed by atoms with Gasteiger partial charge in [-0.3, -0.25) is 14.3 Å². The molecule has 4 rings (SSSR count). The predicted octanol–water partition coefficient (Wildman–Crippen LogP) is 3.09. The van der Waals surface area contributed by atoms with E-state index in [-0.39, 0.29) is 5.91 Å². The molecule has 0 saturated carbocycles. The first-order valence-corrected chi connectivity index (χ1v) is 11.3. The molecule has 0 radical (unpaired) electrons. The number of carbonyl (C=O) groups is 1. The number of benzene rings is 1. The van der Waals surface area contributed by atoms with Crippen LogP contribution in [0.2, 0.25) is 0 Å². The van der Waals surface area contributed by atoms with Gasteiger partial charge in [0.1, 0.15) is 12.1 Å². The highest BCUT2D eigenvalue weighted by Crippen LogP contribution is 2.37. The molecule has 11 nitrogen and oxygen atoms in total. The zero-order valence-electron chi connectivity index (χ0n) is 20.8. The number of methoxy groups -OCH3 is 1. The third kappa shape index (κ3) is 5.41. The van der Waals surface area contributed by atoms with Crippen LogP contribution in [0.4, 0.5) is 23.0 Å². The SMILES string of the molecule is C=CC(=O)Nc1cc(Nc2ncnc(-n3ccc4cnccc43)n2)c(OC)cc1N(C)CCN(C)C. The highest BCUT2D eigenvalue weighted by Gasteiger charge is 2.17. The molecule has 0 aliphatic rings. The van der Waals surface area contributed by atoms with E-state index in [0.29, 0.717) is 29.0 Å². The van der Waals surface area contributed by atoms with Gasteiger partial charge in [-0.15, -0.1) is 0 Å². The van der Waals surface area contributed by atoms with Crippen LogP contribution < -0.4 is 20.3 Å². The number of ether oxygens (including phenoxy) is 1. The molecule has 36 heavy (non-hydrogen) atoms. The number of fused-ring (bicyclic) bond motifs is 1. The molecule has 186 valence electrons. The summed E-state index contributed by atoms with van der Waals surface area (Å²) >= 11 is 0. The minimum Gasteiger partial charge on any atom is -0.494 e. The van der Waals surface area contributed by atoms with E-state index in [1.165, 1.54) is 12.4 Å². The predicted molar refractivity (Wildman–Crippen MR) is 141 cm³/mol. The fourth-order valence-corrected chi connectivity index (χ4v) is 3.65. The normalized spacial score (nSPS) is 10.9. The number of aromatic nitrogens is 5. The maximum absolute atomic E-state index is 12.2. The van der Waals surface area contributed by atoms with Crippen LogP contribution in [-0.4, -0.2) is 76.7 Å². The molecular formula is C25H29N9O2. The number of anilines is 4. The molecule has 3 aromatic heterocycles. The molecule has 1 amide bonds. The summed E-state index contributed by atoms with van der Waals surface area (Å²) in [4.78, 5) is 33.7. The number of rotatable bonds is 10. The lowest BCUT2D eigenvalue weighted by Crippen LogP contribution is -2.29. The van der Waals surface area contributed by atoms with Gasteiger partial charge in [-0.25, -0.2) is 9.97 Å². The Kier molecular flexibility index (Phi) is 7.40. The van der Waals surface area contributed by atoms with Crippen LogP contribution in [0.5, 0.6) is 5.75 Å². The Hall–Kier alpha value is -4.51. The van der Waals surface area contributed by atoms with Crippen molar-refractivity contribution in [2.75, 3.05) is 56.9 Å². The Balaban J connectivity index is 1.69. The van der Waals surface area contributed by atoms with Gasteiger partial charge >= 0.3 is 0 Å². The van der Waals surface area contributed by atoms with E-state index < -0.39 is 0 Å². The molecule has 3 heterocycles. The molecule has 2 N–H and O–H groups in total. The molecule has 0 spiro atoms. The zero-order valence-corrected chi connectivity index (χ0v) is 20.8. The number of hydrogen-bond donors (Lipinski definition) is 2. The summed E-state index contributed by atoms with van der Waals surface area (Å²) in [6, 6.07) is 7.50. The summed E-state index contributed by atoms with van der Waals surface area (Å²) in [7, 11) is 7.57. The number of hydrogen-bond acceptors (Lipinski definition) is 9. The lowest BCUT2D eigenvalue weighted by Gasteiger charge is -2.26. The van der Waals surface area contributed by atoms with Crippen LogP contribution in [-0.2, 0) is 4.79 Å². The van der Waals surface area contributed by atoms with E-state index in [1.807, 2.05) is 50.1 Å². The van der Waals surface area contributed by atoms with Crippen LogP contribution in [0, 0.1) is 0 Å². The van der Waals surface area contributed by atoms with E-state index in [9.17, 15) is 4.79 Å². The Morgan fingerprint density at radius 2 is 2.00 bits per heavy atom. The first-order valence-electron chi connectivity index (χ1n) is 11.3. The quantitative estimate of drug-likeness (QED) is 0.326. The third-order valence-corrected chi connectivity index (χ3v) is 5.57. The van der Waals surface area contributed by atoms with E-state index in [1.54, 1.807) is 25.6 Å². The Morgan fingerprint density at radius 1 is 1.17 bits per heavy atom. The highest BCUT2D eigenvalue weighted by atomic mass is 16.5. The van der Waals surface area contributed by atoms with Gasteiger partial charge in [0.25, 0.3) is 0 Å². The maximum atomic E-state index is 12.2. The second-order valence-electron chi connectivity index (χ2n) is 8.34. The van der Waals surface area contributed by atoms with Gasteiger partial charge < -0.3 is 25.2 Å². The molecule has 0 aliphatic heterocycles. The summed E-state index contributed by atoms with van der Waals surface area (Å²) < 4.78 is 7.53. The smallest absolute Gasteiger partial charge is 0.247 e. The number of nitrogens with zero attached hydrogens (tertiary/aromatic N) is 7. The van der Waals surface area contributed by atoms with Crippen molar-refractivity contribution in [2.24, 2.45) is 0 Å². The van der Waals surface area contributed by atoms with Crippen molar-refractivity contribution in [3.63, 3.8) is 0 Å². The largest absolute Gasteiger partial charge is 0.494 e. The van der Waals surface area contributed by atoms with Crippen LogP contribution in [0.15, 0.2) is 61.8 Å². The van der Waals surface area contributed by atoms with Crippen LogP contribution in [0.1, 0.15) is 0 Å². The van der Waals surface area contributed by atoms with Crippen molar-refractivity contribution in [1.82, 2.24) is 29.4 Å². The number of pyridine rings is 1. The van der Waals surface area contributed by atoms with Crippen LogP contribution in [0.3, 0.4) is 0 Å². The Morgan fingerprint density at radius 3 is 2.75 bits per heavy atom. The molecule has 0 bridgehead atoms. The van der Waals surface area contributed by atoms with Gasteiger partial charge in [-0.1, -0.05) is 6.58 Å². The summed E-state index contributed by atoms with van der Waals surface area (Å²) in [5.41, 5.74) is 2.92. The van der Waals surface area contributed by atoms with Gasteiger partial charge in [-0.05, 0) is 38.4 Å². The number of carbonyl (C=O) groups excluding carboxylic acids is 1. The summed E-state index contributed by atoms with van der Waals surface area (Å²) in [6.07, 6.45) is 8.06. The lowest BCUT2D eigenvalue weighted by molar-refractivity contribution is -0.111. The van der Waals surface area contributed by atoms with E-state index >= 15 is 0 Å². The van der Waals surface area contributed by atoms with Crippen molar-refractivity contribution < 1.29 is 9.53 Å². The summed E-state index contributed by atoms with van der Waals surface area (Å²) in [5.74, 6) is 1.03. The molecule has 0 unspecified atom stereocenters. The molecule has 0 atom stereocenters. The maximum Gasteiger partial charge on any atom is 0.247 e. The monoisotopic (exact) mass is 487 g/mol. The zero-order chi connectivity index (χ0) is 25.7. The lowest BCUT2D eigenvalue weighted by atomic mass is 10.2. The van der Waals surface area contributed by atoms with Gasteiger partial charge in [0.15, 0.2) is 0 Å². The van der Waals surface area contributed by atoms with Crippen molar-refractivity contribution in [2.45, 2.75) is 0 Å². The fraction of sp³-hybridized carbons (Fsp3) is 0.240. The first-order chi connectivity index (χ1) is 17.4. The van der Waals surface area contributed by atoms with Crippen molar-refractivity contribution in [3.05, 3.63) is 61.8 Å². The van der Waals surface area contributed by atoms with E-state index in [2.05, 4.69) is 46.9 Å². The average Bonchev–Trinajstić information content (AvgIpc) is 3.32. The van der Waals surface area contributed by atoms with Gasteiger partial charge in [0, 0.05) is 50.2 Å². The average molecular weight is 488 g/mol. The molecule has 4 aromatic rings. The molecule has 0 saturated heterocycles. The van der Waals surface area contributed by atoms with E-state index in [0.717, 1.165) is 29.7 Å². The van der Waals surface area contributed by atoms with Crippen molar-refractivity contribution in [3.8, 4) is 11.7 Å². The second-order valence-corrected chi connectivity index (χ2v) is 8.34. The van der Waals surface area contributed by atoms with E-state index in [4.69, 9.17) is 4.74 Å². The molecule has 1 aromatic carbocycles. The van der Waals surface area contributed by atoms with Crippen molar-refractivity contribution >= 4 is 39.8 Å². The standard InChI is InChI=1S/C25H29N9O2/c1-6-23(35)29-18-13-19(22(36-5)14-21(18)33(4)12-11-32(2)3)30-24-27-16-28-25(31-24)34-10-8-17-15-26-9-7-20(17)34/h6-10,13-16H,1,11-12H2,2-5H3,(H,29,35)(H,27,28,30,31). The molecule has 0 fully saturated rings. The second kappa shape index (κ2) is 10.8. The molecule has 0 aliphatic carbocycles. The number of likely N-dealkylation sites (N-methyl/N-ethyl adjacent to an activating group) is 2. The minimum absolute atomic E-state index is 0.315. The van der Waals surface area contributed by atoms with Gasteiger partial charge in [0.2, 0.25) is 17.8 Å². The van der Waals surface area contributed by atoms with Crippen LogP contribution >= 0.6 is 0 Å². The van der Waals surface area contributed by atoms with Gasteiger partial charge in [-0.2, -0.15) is 4.98 Å². The minimum atomic E-state index is -0.315. The van der Waals surface area contributed by atoms with Crippen molar-refractivity contribution in [1.29, 1.82) is 0 Å². The summed E-state index contributed by atoms with van der Waals surface area (Å²) in [6.45, 7) is 5.15. The highest BCUT2D eigenvalue weighted by molar-refractivity contribution is 6.02. The fourth-order valence-electron chi connectivity index (χ4n) is 3.65. The topological polar surface area (TPSA) is 113 Å². The number of nitrogens with one attached hydrogen (secondary N) is 2. The Labute approximate surface area is 209 Å². The molecular weight excluding hydrogens is 458 g/mol. The third-order valence-electron chi connectivity index (χ3n) is 5.57.